The summed E-state index contributed by atoms with van der Waals surface area (Å²) in [6.45, 7) is 1.90. The summed E-state index contributed by atoms with van der Waals surface area (Å²) < 4.78 is 13.1. The van der Waals surface area contributed by atoms with Gasteiger partial charge in [0.25, 0.3) is 5.91 Å². The summed E-state index contributed by atoms with van der Waals surface area (Å²) in [6.07, 6.45) is 0. The van der Waals surface area contributed by atoms with Gasteiger partial charge in [-0.2, -0.15) is 0 Å². The minimum absolute atomic E-state index is 0.273. The number of nitrogens with two attached hydrogens (primary N) is 1. The van der Waals surface area contributed by atoms with Crippen LogP contribution < -0.4 is 11.1 Å². The molecule has 0 saturated heterocycles. The first-order valence-electron chi connectivity index (χ1n) is 5.49. The predicted octanol–water partition coefficient (Wildman–Crippen LogP) is 2.97. The Morgan fingerprint density at radius 1 is 1.22 bits per heavy atom. The number of halogens is 1. The van der Waals surface area contributed by atoms with Crippen LogP contribution in [0.3, 0.4) is 0 Å². The van der Waals surface area contributed by atoms with E-state index in [9.17, 15) is 9.18 Å². The summed E-state index contributed by atoms with van der Waals surface area (Å²) >= 11 is 0. The van der Waals surface area contributed by atoms with Gasteiger partial charge in [0.05, 0.1) is 0 Å². The van der Waals surface area contributed by atoms with Gasteiger partial charge in [-0.1, -0.05) is 17.7 Å². The zero-order valence-electron chi connectivity index (χ0n) is 9.91. The topological polar surface area (TPSA) is 55.1 Å². The van der Waals surface area contributed by atoms with Crippen LogP contribution in [0.2, 0.25) is 0 Å². The van der Waals surface area contributed by atoms with Gasteiger partial charge in [-0.25, -0.2) is 4.39 Å². The maximum Gasteiger partial charge on any atom is 0.255 e. The average molecular weight is 244 g/mol. The number of hydrogen-bond donors (Lipinski definition) is 2. The van der Waals surface area contributed by atoms with E-state index in [1.54, 1.807) is 18.2 Å². The summed E-state index contributed by atoms with van der Waals surface area (Å²) in [7, 11) is 0. The van der Waals surface area contributed by atoms with Crippen molar-refractivity contribution in [2.75, 3.05) is 11.1 Å². The van der Waals surface area contributed by atoms with Crippen molar-refractivity contribution in [3.05, 3.63) is 59.4 Å². The van der Waals surface area contributed by atoms with Crippen LogP contribution in [0.5, 0.6) is 0 Å². The van der Waals surface area contributed by atoms with E-state index >= 15 is 0 Å². The second-order valence-electron chi connectivity index (χ2n) is 4.10. The first-order valence-corrected chi connectivity index (χ1v) is 5.49. The van der Waals surface area contributed by atoms with Crippen molar-refractivity contribution in [3.8, 4) is 0 Å². The molecule has 2 aromatic carbocycles. The number of amides is 1. The van der Waals surface area contributed by atoms with Crippen LogP contribution in [0.15, 0.2) is 42.5 Å². The Morgan fingerprint density at radius 3 is 2.67 bits per heavy atom. The molecule has 0 saturated carbocycles. The van der Waals surface area contributed by atoms with E-state index in [0.717, 1.165) is 5.56 Å². The quantitative estimate of drug-likeness (QED) is 0.798. The summed E-state index contributed by atoms with van der Waals surface area (Å²) in [6, 6.07) is 11.1. The van der Waals surface area contributed by atoms with Crippen molar-refractivity contribution in [1.29, 1.82) is 0 Å². The van der Waals surface area contributed by atoms with Gasteiger partial charge in [-0.3, -0.25) is 4.79 Å². The highest BCUT2D eigenvalue weighted by Gasteiger charge is 2.07. The van der Waals surface area contributed by atoms with Crippen molar-refractivity contribution in [2.24, 2.45) is 0 Å². The molecule has 0 aliphatic heterocycles. The maximum atomic E-state index is 13.1. The number of carbonyl (C=O) groups is 1. The van der Waals surface area contributed by atoms with Crippen molar-refractivity contribution in [3.63, 3.8) is 0 Å². The lowest BCUT2D eigenvalue weighted by atomic mass is 10.1. The third-order valence-electron chi connectivity index (χ3n) is 2.46. The highest BCUT2D eigenvalue weighted by molar-refractivity contribution is 6.04. The number of benzene rings is 2. The third kappa shape index (κ3) is 2.85. The monoisotopic (exact) mass is 244 g/mol. The van der Waals surface area contributed by atoms with Gasteiger partial charge >= 0.3 is 0 Å². The Morgan fingerprint density at radius 2 is 2.00 bits per heavy atom. The molecule has 0 heterocycles. The molecule has 92 valence electrons. The lowest BCUT2D eigenvalue weighted by molar-refractivity contribution is 0.102. The minimum atomic E-state index is -0.477. The normalized spacial score (nSPS) is 10.1. The average Bonchev–Trinajstić information content (AvgIpc) is 2.27. The Balaban J connectivity index is 2.21. The highest BCUT2D eigenvalue weighted by atomic mass is 19.1. The fourth-order valence-electron chi connectivity index (χ4n) is 1.67. The fourth-order valence-corrected chi connectivity index (χ4v) is 1.67. The van der Waals surface area contributed by atoms with Crippen molar-refractivity contribution in [2.45, 2.75) is 6.92 Å². The molecule has 0 atom stereocenters. The minimum Gasteiger partial charge on any atom is -0.399 e. The standard InChI is InChI=1S/C14H13FN2O/c1-9-3-2-4-10(5-9)14(18)17-13-7-11(15)6-12(16)8-13/h2-8H,16H2,1H3,(H,17,18). The first kappa shape index (κ1) is 12.1. The zero-order chi connectivity index (χ0) is 13.1. The van der Waals surface area contributed by atoms with Gasteiger partial charge in [-0.05, 0) is 37.3 Å². The molecule has 0 bridgehead atoms. The molecule has 0 aliphatic rings. The third-order valence-corrected chi connectivity index (χ3v) is 2.46. The number of aryl methyl sites for hydroxylation is 1. The Bertz CT molecular complexity index is 576. The lowest BCUT2D eigenvalue weighted by Gasteiger charge is -2.07. The summed E-state index contributed by atoms with van der Waals surface area (Å²) in [4.78, 5) is 11.9. The highest BCUT2D eigenvalue weighted by Crippen LogP contribution is 2.16. The maximum absolute atomic E-state index is 13.1. The second kappa shape index (κ2) is 4.87. The molecule has 0 spiro atoms. The molecule has 0 aromatic heterocycles. The molecule has 3 N–H and O–H groups in total. The fraction of sp³-hybridized carbons (Fsp3) is 0.0714. The van der Waals surface area contributed by atoms with E-state index in [-0.39, 0.29) is 11.6 Å². The second-order valence-corrected chi connectivity index (χ2v) is 4.10. The predicted molar refractivity (Wildman–Crippen MR) is 69.9 cm³/mol. The lowest BCUT2D eigenvalue weighted by Crippen LogP contribution is -2.12. The van der Waals surface area contributed by atoms with Gasteiger partial charge in [0, 0.05) is 16.9 Å². The van der Waals surface area contributed by atoms with Crippen molar-refractivity contribution < 1.29 is 9.18 Å². The van der Waals surface area contributed by atoms with Gasteiger partial charge in [0.2, 0.25) is 0 Å². The van der Waals surface area contributed by atoms with Crippen LogP contribution in [0.1, 0.15) is 15.9 Å². The van der Waals surface area contributed by atoms with Crippen LogP contribution in [-0.4, -0.2) is 5.91 Å². The summed E-state index contributed by atoms with van der Waals surface area (Å²) in [5, 5.41) is 2.61. The van der Waals surface area contributed by atoms with Crippen molar-refractivity contribution >= 4 is 17.3 Å². The molecular formula is C14H13FN2O. The Labute approximate surface area is 104 Å². The number of hydrogen-bond acceptors (Lipinski definition) is 2. The molecule has 2 aromatic rings. The van der Waals surface area contributed by atoms with E-state index < -0.39 is 5.82 Å². The van der Waals surface area contributed by atoms with E-state index in [2.05, 4.69) is 5.32 Å². The Hall–Kier alpha value is -2.36. The zero-order valence-corrected chi connectivity index (χ0v) is 9.91. The van der Waals surface area contributed by atoms with Crippen LogP contribution in [0.4, 0.5) is 15.8 Å². The number of rotatable bonds is 2. The molecular weight excluding hydrogens is 231 g/mol. The Kier molecular flexibility index (Phi) is 3.28. The van der Waals surface area contributed by atoms with E-state index in [0.29, 0.717) is 11.3 Å². The van der Waals surface area contributed by atoms with Crippen LogP contribution in [-0.2, 0) is 0 Å². The first-order chi connectivity index (χ1) is 8.54. The van der Waals surface area contributed by atoms with Crippen LogP contribution in [0, 0.1) is 12.7 Å². The molecule has 18 heavy (non-hydrogen) atoms. The van der Waals surface area contributed by atoms with E-state index in [1.807, 2.05) is 13.0 Å². The van der Waals surface area contributed by atoms with Gasteiger partial charge in [-0.15, -0.1) is 0 Å². The smallest absolute Gasteiger partial charge is 0.255 e. The summed E-state index contributed by atoms with van der Waals surface area (Å²) in [5.74, 6) is -0.766. The van der Waals surface area contributed by atoms with Crippen LogP contribution >= 0.6 is 0 Å². The van der Waals surface area contributed by atoms with Crippen molar-refractivity contribution in [1.82, 2.24) is 0 Å². The summed E-state index contributed by atoms with van der Waals surface area (Å²) in [5.41, 5.74) is 7.64. The van der Waals surface area contributed by atoms with E-state index in [4.69, 9.17) is 5.73 Å². The number of nitrogens with one attached hydrogen (secondary N) is 1. The largest absolute Gasteiger partial charge is 0.399 e. The molecule has 0 fully saturated rings. The molecule has 0 aliphatic carbocycles. The molecule has 2 rings (SSSR count). The van der Waals surface area contributed by atoms with Crippen LogP contribution in [0.25, 0.3) is 0 Å². The van der Waals surface area contributed by atoms with E-state index in [1.165, 1.54) is 18.2 Å². The van der Waals surface area contributed by atoms with Gasteiger partial charge in [0.1, 0.15) is 5.82 Å². The molecule has 1 amide bonds. The number of anilines is 2. The van der Waals surface area contributed by atoms with Gasteiger partial charge < -0.3 is 11.1 Å². The SMILES string of the molecule is Cc1cccc(C(=O)Nc2cc(N)cc(F)c2)c1. The molecule has 0 radical (unpaired) electrons. The number of nitrogen functional groups attached to an aromatic ring is 1. The van der Waals surface area contributed by atoms with Gasteiger partial charge in [0.15, 0.2) is 0 Å². The molecule has 4 heteroatoms. The molecule has 0 unspecified atom stereocenters. The molecule has 3 nitrogen and oxygen atoms in total. The number of carbonyl (C=O) groups excluding carboxylic acids is 1.